The summed E-state index contributed by atoms with van der Waals surface area (Å²) in [4.78, 5) is 27.0. The number of nitrogens with one attached hydrogen (secondary N) is 1. The van der Waals surface area contributed by atoms with Crippen molar-refractivity contribution in [2.24, 2.45) is 5.92 Å². The number of benzene rings is 2. The second-order valence-corrected chi connectivity index (χ2v) is 10.0. The Bertz CT molecular complexity index is 1030. The SMILES string of the molecule is CN(C)S(=O)(=O)c1cccc(NC(=O)C2CCN(C(=O)CCOc3ccccc3)CC2)c1. The van der Waals surface area contributed by atoms with Crippen LogP contribution in [0.5, 0.6) is 5.75 Å². The number of ether oxygens (including phenoxy) is 1. The fraction of sp³-hybridized carbons (Fsp3) is 0.391. The summed E-state index contributed by atoms with van der Waals surface area (Å²) < 4.78 is 31.3. The Hall–Kier alpha value is -2.91. The Morgan fingerprint density at radius 3 is 2.41 bits per heavy atom. The van der Waals surface area contributed by atoms with Crippen LogP contribution in [0.3, 0.4) is 0 Å². The molecule has 32 heavy (non-hydrogen) atoms. The van der Waals surface area contributed by atoms with Crippen LogP contribution in [0.4, 0.5) is 5.69 Å². The van der Waals surface area contributed by atoms with Crippen molar-refractivity contribution in [1.29, 1.82) is 0 Å². The fourth-order valence-corrected chi connectivity index (χ4v) is 4.46. The van der Waals surface area contributed by atoms with Gasteiger partial charge in [-0.25, -0.2) is 12.7 Å². The number of carbonyl (C=O) groups excluding carboxylic acids is 2. The van der Waals surface area contributed by atoms with Crippen LogP contribution in [0, 0.1) is 5.92 Å². The number of piperidine rings is 1. The van der Waals surface area contributed by atoms with Gasteiger partial charge in [0.2, 0.25) is 21.8 Å². The van der Waals surface area contributed by atoms with Crippen LogP contribution < -0.4 is 10.1 Å². The van der Waals surface area contributed by atoms with E-state index in [1.165, 1.54) is 26.2 Å². The van der Waals surface area contributed by atoms with Crippen molar-refractivity contribution in [2.75, 3.05) is 39.1 Å². The van der Waals surface area contributed by atoms with E-state index in [0.29, 0.717) is 44.6 Å². The maximum Gasteiger partial charge on any atom is 0.242 e. The standard InChI is InChI=1S/C23H29N3O5S/c1-25(2)32(29,30)21-10-6-7-19(17-21)24-23(28)18-11-14-26(15-12-18)22(27)13-16-31-20-8-4-3-5-9-20/h3-10,17-18H,11-16H2,1-2H3,(H,24,28). The first kappa shape index (κ1) is 23.7. The lowest BCUT2D eigenvalue weighted by Gasteiger charge is -2.31. The molecule has 1 aliphatic rings. The smallest absolute Gasteiger partial charge is 0.242 e. The van der Waals surface area contributed by atoms with Gasteiger partial charge in [0.15, 0.2) is 0 Å². The molecule has 0 radical (unpaired) electrons. The highest BCUT2D eigenvalue weighted by molar-refractivity contribution is 7.89. The number of sulfonamides is 1. The molecule has 0 aromatic heterocycles. The number of anilines is 1. The van der Waals surface area contributed by atoms with Gasteiger partial charge in [0, 0.05) is 38.8 Å². The largest absolute Gasteiger partial charge is 0.493 e. The Kier molecular flexibility index (Phi) is 7.87. The third-order valence-corrected chi connectivity index (χ3v) is 7.24. The molecule has 0 spiro atoms. The minimum absolute atomic E-state index is 0.0152. The third-order valence-electron chi connectivity index (χ3n) is 5.43. The zero-order valence-electron chi connectivity index (χ0n) is 18.4. The van der Waals surface area contributed by atoms with Gasteiger partial charge in [0.1, 0.15) is 5.75 Å². The summed E-state index contributed by atoms with van der Waals surface area (Å²) in [6.45, 7) is 1.34. The number of hydrogen-bond acceptors (Lipinski definition) is 5. The molecular weight excluding hydrogens is 430 g/mol. The normalized spacial score (nSPS) is 14.9. The van der Waals surface area contributed by atoms with Crippen molar-refractivity contribution in [3.8, 4) is 5.75 Å². The Morgan fingerprint density at radius 1 is 1.06 bits per heavy atom. The highest BCUT2D eigenvalue weighted by atomic mass is 32.2. The molecule has 1 fully saturated rings. The van der Waals surface area contributed by atoms with Crippen LogP contribution in [0.2, 0.25) is 0 Å². The van der Waals surface area contributed by atoms with Crippen molar-refractivity contribution in [3.63, 3.8) is 0 Å². The first-order chi connectivity index (χ1) is 15.3. The van der Waals surface area contributed by atoms with Crippen molar-refractivity contribution < 1.29 is 22.7 Å². The molecule has 1 aliphatic heterocycles. The zero-order valence-corrected chi connectivity index (χ0v) is 19.2. The maximum atomic E-state index is 12.7. The van der Waals surface area contributed by atoms with Gasteiger partial charge in [-0.1, -0.05) is 24.3 Å². The first-order valence-electron chi connectivity index (χ1n) is 10.6. The van der Waals surface area contributed by atoms with Crippen LogP contribution in [-0.2, 0) is 19.6 Å². The number of carbonyl (C=O) groups is 2. The highest BCUT2D eigenvalue weighted by Crippen LogP contribution is 2.22. The summed E-state index contributed by atoms with van der Waals surface area (Å²) in [7, 11) is -0.651. The first-order valence-corrected chi connectivity index (χ1v) is 12.0. The number of likely N-dealkylation sites (tertiary alicyclic amines) is 1. The topological polar surface area (TPSA) is 96.0 Å². The molecule has 172 valence electrons. The summed E-state index contributed by atoms with van der Waals surface area (Å²) in [6.07, 6.45) is 1.42. The molecule has 0 unspecified atom stereocenters. The molecule has 0 saturated carbocycles. The summed E-state index contributed by atoms with van der Waals surface area (Å²) >= 11 is 0. The van der Waals surface area contributed by atoms with Gasteiger partial charge in [-0.2, -0.15) is 0 Å². The van der Waals surface area contributed by atoms with Crippen molar-refractivity contribution in [2.45, 2.75) is 24.2 Å². The average molecular weight is 460 g/mol. The highest BCUT2D eigenvalue weighted by Gasteiger charge is 2.27. The van der Waals surface area contributed by atoms with Gasteiger partial charge in [-0.05, 0) is 43.2 Å². The lowest BCUT2D eigenvalue weighted by Crippen LogP contribution is -2.41. The van der Waals surface area contributed by atoms with E-state index >= 15 is 0 Å². The minimum Gasteiger partial charge on any atom is -0.493 e. The summed E-state index contributed by atoms with van der Waals surface area (Å²) in [6, 6.07) is 15.6. The van der Waals surface area contributed by atoms with E-state index in [2.05, 4.69) is 5.32 Å². The molecule has 8 nitrogen and oxygen atoms in total. The number of para-hydroxylation sites is 1. The van der Waals surface area contributed by atoms with Crippen LogP contribution in [0.1, 0.15) is 19.3 Å². The number of nitrogens with zero attached hydrogens (tertiary/aromatic N) is 2. The molecule has 1 heterocycles. The molecule has 0 aliphatic carbocycles. The summed E-state index contributed by atoms with van der Waals surface area (Å²) in [5.74, 6) is 0.358. The molecule has 0 bridgehead atoms. The molecular formula is C23H29N3O5S. The predicted octanol–water partition coefficient (Wildman–Crippen LogP) is 2.58. The predicted molar refractivity (Wildman–Crippen MR) is 122 cm³/mol. The molecule has 0 atom stereocenters. The number of hydrogen-bond donors (Lipinski definition) is 1. The maximum absolute atomic E-state index is 12.7. The minimum atomic E-state index is -3.57. The van der Waals surface area contributed by atoms with E-state index in [0.717, 1.165) is 10.1 Å². The molecule has 3 rings (SSSR count). The Morgan fingerprint density at radius 2 is 1.75 bits per heavy atom. The second-order valence-electron chi connectivity index (χ2n) is 7.87. The Labute approximate surface area is 189 Å². The quantitative estimate of drug-likeness (QED) is 0.655. The number of rotatable bonds is 8. The van der Waals surface area contributed by atoms with Crippen LogP contribution in [0.15, 0.2) is 59.5 Å². The molecule has 1 saturated heterocycles. The molecule has 2 aromatic carbocycles. The molecule has 2 amide bonds. The lowest BCUT2D eigenvalue weighted by molar-refractivity contribution is -0.135. The van der Waals surface area contributed by atoms with E-state index in [4.69, 9.17) is 4.74 Å². The van der Waals surface area contributed by atoms with Crippen molar-refractivity contribution in [1.82, 2.24) is 9.21 Å². The van der Waals surface area contributed by atoms with Gasteiger partial charge in [-0.15, -0.1) is 0 Å². The summed E-state index contributed by atoms with van der Waals surface area (Å²) in [5.41, 5.74) is 0.439. The van der Waals surface area contributed by atoms with Gasteiger partial charge in [0.25, 0.3) is 0 Å². The van der Waals surface area contributed by atoms with E-state index in [-0.39, 0.29) is 22.6 Å². The van der Waals surface area contributed by atoms with Gasteiger partial charge in [0.05, 0.1) is 17.9 Å². The second kappa shape index (κ2) is 10.6. The average Bonchev–Trinajstić information content (AvgIpc) is 2.80. The fourth-order valence-electron chi connectivity index (χ4n) is 3.51. The molecule has 1 N–H and O–H groups in total. The third kappa shape index (κ3) is 6.08. The van der Waals surface area contributed by atoms with Gasteiger partial charge in [-0.3, -0.25) is 9.59 Å². The molecule has 2 aromatic rings. The Balaban J connectivity index is 1.47. The van der Waals surface area contributed by atoms with Crippen molar-refractivity contribution in [3.05, 3.63) is 54.6 Å². The monoisotopic (exact) mass is 459 g/mol. The zero-order chi connectivity index (χ0) is 23.1. The van der Waals surface area contributed by atoms with Gasteiger partial charge >= 0.3 is 0 Å². The van der Waals surface area contributed by atoms with Crippen molar-refractivity contribution >= 4 is 27.5 Å². The van der Waals surface area contributed by atoms with Gasteiger partial charge < -0.3 is 15.0 Å². The van der Waals surface area contributed by atoms with E-state index in [1.807, 2.05) is 30.3 Å². The van der Waals surface area contributed by atoms with Crippen LogP contribution >= 0.6 is 0 Å². The number of amides is 2. The van der Waals surface area contributed by atoms with Crippen LogP contribution in [0.25, 0.3) is 0 Å². The molecule has 9 heteroatoms. The lowest BCUT2D eigenvalue weighted by atomic mass is 9.95. The summed E-state index contributed by atoms with van der Waals surface area (Å²) in [5, 5.41) is 2.81. The van der Waals surface area contributed by atoms with E-state index in [9.17, 15) is 18.0 Å². The van der Waals surface area contributed by atoms with E-state index < -0.39 is 10.0 Å². The van der Waals surface area contributed by atoms with Crippen LogP contribution in [-0.4, -0.2) is 63.2 Å². The van der Waals surface area contributed by atoms with E-state index in [1.54, 1.807) is 17.0 Å².